The second-order valence-corrected chi connectivity index (χ2v) is 10.7. The van der Waals surface area contributed by atoms with Gasteiger partial charge in [-0.3, -0.25) is 0 Å². The van der Waals surface area contributed by atoms with Crippen molar-refractivity contribution in [1.29, 1.82) is 0 Å². The number of hydrogen-bond donors (Lipinski definition) is 0. The standard InChI is InChI=1S/C36H54O/c1-7-13-15-23-29(19-9-3)35-31(21-11-5)25-17-27-33(35)37-34-28-18-26-32(22-12-6)36(34)30(20-10-4)24-16-14-8-2/h11-12,17-18,25-30H,5-10,13-16,19-24H2,1-4H3. The molecule has 2 aromatic carbocycles. The number of rotatable bonds is 20. The zero-order chi connectivity index (χ0) is 26.9. The van der Waals surface area contributed by atoms with Crippen molar-refractivity contribution in [1.82, 2.24) is 0 Å². The Morgan fingerprint density at radius 3 is 1.38 bits per heavy atom. The molecule has 1 nitrogen and oxygen atoms in total. The van der Waals surface area contributed by atoms with E-state index in [0.717, 1.165) is 24.3 Å². The molecule has 37 heavy (non-hydrogen) atoms. The van der Waals surface area contributed by atoms with E-state index in [1.165, 1.54) is 99.3 Å². The summed E-state index contributed by atoms with van der Waals surface area (Å²) in [7, 11) is 0. The fraction of sp³-hybridized carbons (Fsp3) is 0.556. The molecule has 0 aliphatic rings. The monoisotopic (exact) mass is 502 g/mol. The summed E-state index contributed by atoms with van der Waals surface area (Å²) in [5, 5.41) is 0. The summed E-state index contributed by atoms with van der Waals surface area (Å²) in [5.74, 6) is 3.15. The molecule has 0 aliphatic carbocycles. The van der Waals surface area contributed by atoms with Gasteiger partial charge in [-0.2, -0.15) is 0 Å². The molecule has 0 spiro atoms. The highest BCUT2D eigenvalue weighted by Crippen LogP contribution is 2.43. The summed E-state index contributed by atoms with van der Waals surface area (Å²) in [4.78, 5) is 0. The first-order valence-corrected chi connectivity index (χ1v) is 15.3. The van der Waals surface area contributed by atoms with E-state index in [-0.39, 0.29) is 0 Å². The third kappa shape index (κ3) is 9.51. The van der Waals surface area contributed by atoms with E-state index in [1.54, 1.807) is 0 Å². The van der Waals surface area contributed by atoms with Crippen molar-refractivity contribution in [2.75, 3.05) is 0 Å². The molecule has 0 saturated carbocycles. The highest BCUT2D eigenvalue weighted by molar-refractivity contribution is 5.50. The van der Waals surface area contributed by atoms with Crippen molar-refractivity contribution in [3.8, 4) is 11.5 Å². The highest BCUT2D eigenvalue weighted by atomic mass is 16.5. The smallest absolute Gasteiger partial charge is 0.131 e. The van der Waals surface area contributed by atoms with Crippen molar-refractivity contribution in [3.05, 3.63) is 84.0 Å². The molecule has 0 fully saturated rings. The van der Waals surface area contributed by atoms with Gasteiger partial charge in [-0.15, -0.1) is 13.2 Å². The molecule has 2 atom stereocenters. The minimum atomic E-state index is 0.526. The molecule has 2 unspecified atom stereocenters. The SMILES string of the molecule is C=CCc1cccc(Oc2cccc(CC=C)c2C(CCC)CCCCC)c1C(CCC)CCCCC. The molecular weight excluding hydrogens is 448 g/mol. The molecule has 0 aromatic heterocycles. The second-order valence-electron chi connectivity index (χ2n) is 10.7. The summed E-state index contributed by atoms with van der Waals surface area (Å²) < 4.78 is 7.01. The average Bonchev–Trinajstić information content (AvgIpc) is 2.89. The van der Waals surface area contributed by atoms with Crippen LogP contribution < -0.4 is 4.74 Å². The predicted octanol–water partition coefficient (Wildman–Crippen LogP) is 11.9. The van der Waals surface area contributed by atoms with Crippen LogP contribution in [0.25, 0.3) is 0 Å². The van der Waals surface area contributed by atoms with Crippen molar-refractivity contribution < 1.29 is 4.74 Å². The summed E-state index contributed by atoms with van der Waals surface area (Å²) in [5.41, 5.74) is 5.58. The van der Waals surface area contributed by atoms with E-state index in [1.807, 2.05) is 12.2 Å². The number of benzene rings is 2. The summed E-state index contributed by atoms with van der Waals surface area (Å²) in [6, 6.07) is 13.3. The van der Waals surface area contributed by atoms with Crippen LogP contribution in [-0.2, 0) is 12.8 Å². The molecule has 0 bridgehead atoms. The molecule has 2 rings (SSSR count). The van der Waals surface area contributed by atoms with Crippen molar-refractivity contribution >= 4 is 0 Å². The lowest BCUT2D eigenvalue weighted by molar-refractivity contribution is 0.435. The molecule has 0 N–H and O–H groups in total. The predicted molar refractivity (Wildman–Crippen MR) is 164 cm³/mol. The fourth-order valence-electron chi connectivity index (χ4n) is 5.91. The number of hydrogen-bond acceptors (Lipinski definition) is 1. The number of allylic oxidation sites excluding steroid dienone is 2. The Balaban J connectivity index is 2.59. The van der Waals surface area contributed by atoms with Gasteiger partial charge in [0, 0.05) is 11.1 Å². The van der Waals surface area contributed by atoms with Crippen LogP contribution in [0, 0.1) is 0 Å². The van der Waals surface area contributed by atoms with Crippen LogP contribution in [0.5, 0.6) is 11.5 Å². The van der Waals surface area contributed by atoms with E-state index in [2.05, 4.69) is 77.3 Å². The number of ether oxygens (including phenoxy) is 1. The molecular formula is C36H54O. The molecule has 0 amide bonds. The van der Waals surface area contributed by atoms with Crippen LogP contribution in [-0.4, -0.2) is 0 Å². The van der Waals surface area contributed by atoms with E-state index >= 15 is 0 Å². The topological polar surface area (TPSA) is 9.23 Å². The first-order chi connectivity index (χ1) is 18.1. The Hall–Kier alpha value is -2.28. The Kier molecular flexibility index (Phi) is 15.1. The van der Waals surface area contributed by atoms with Crippen LogP contribution >= 0.6 is 0 Å². The maximum Gasteiger partial charge on any atom is 0.131 e. The maximum atomic E-state index is 7.01. The highest BCUT2D eigenvalue weighted by Gasteiger charge is 2.23. The van der Waals surface area contributed by atoms with E-state index < -0.39 is 0 Å². The minimum Gasteiger partial charge on any atom is -0.457 e. The Bertz CT molecular complexity index is 849. The van der Waals surface area contributed by atoms with Gasteiger partial charge >= 0.3 is 0 Å². The zero-order valence-corrected chi connectivity index (χ0v) is 24.5. The van der Waals surface area contributed by atoms with Gasteiger partial charge in [0.05, 0.1) is 0 Å². The van der Waals surface area contributed by atoms with Crippen molar-refractivity contribution in [2.45, 2.75) is 129 Å². The van der Waals surface area contributed by atoms with Gasteiger partial charge in [0.2, 0.25) is 0 Å². The van der Waals surface area contributed by atoms with Gasteiger partial charge < -0.3 is 4.74 Å². The fourth-order valence-corrected chi connectivity index (χ4v) is 5.91. The normalized spacial score (nSPS) is 12.8. The van der Waals surface area contributed by atoms with Crippen LogP contribution in [0.3, 0.4) is 0 Å². The van der Waals surface area contributed by atoms with E-state index in [9.17, 15) is 0 Å². The molecule has 0 aliphatic heterocycles. The third-order valence-corrected chi connectivity index (χ3v) is 7.66. The lowest BCUT2D eigenvalue weighted by Gasteiger charge is -2.26. The molecule has 0 saturated heterocycles. The van der Waals surface area contributed by atoms with Crippen molar-refractivity contribution in [2.24, 2.45) is 0 Å². The van der Waals surface area contributed by atoms with Crippen LogP contribution in [0.1, 0.15) is 139 Å². The summed E-state index contributed by atoms with van der Waals surface area (Å²) in [6.45, 7) is 17.3. The van der Waals surface area contributed by atoms with E-state index in [4.69, 9.17) is 4.74 Å². The lowest BCUT2D eigenvalue weighted by atomic mass is 9.84. The van der Waals surface area contributed by atoms with E-state index in [0.29, 0.717) is 11.8 Å². The Morgan fingerprint density at radius 1 is 0.595 bits per heavy atom. The Labute approximate surface area is 229 Å². The Morgan fingerprint density at radius 2 is 1.03 bits per heavy atom. The van der Waals surface area contributed by atoms with Gasteiger partial charge in [-0.1, -0.05) is 115 Å². The molecule has 0 radical (unpaired) electrons. The lowest BCUT2D eigenvalue weighted by Crippen LogP contribution is -2.09. The van der Waals surface area contributed by atoms with Crippen molar-refractivity contribution in [3.63, 3.8) is 0 Å². The first kappa shape index (κ1) is 30.9. The minimum absolute atomic E-state index is 0.526. The molecule has 2 aromatic rings. The van der Waals surface area contributed by atoms with Gasteiger partial charge in [0.1, 0.15) is 11.5 Å². The molecule has 0 heterocycles. The number of unbranched alkanes of at least 4 members (excludes halogenated alkanes) is 4. The van der Waals surface area contributed by atoms with Gasteiger partial charge in [0.15, 0.2) is 0 Å². The second kappa shape index (κ2) is 18.1. The third-order valence-electron chi connectivity index (χ3n) is 7.66. The van der Waals surface area contributed by atoms with Crippen LogP contribution in [0.15, 0.2) is 61.7 Å². The zero-order valence-electron chi connectivity index (χ0n) is 24.5. The largest absolute Gasteiger partial charge is 0.457 e. The molecule has 1 heteroatoms. The van der Waals surface area contributed by atoms with Gasteiger partial charge in [0.25, 0.3) is 0 Å². The quantitative estimate of drug-likeness (QED) is 0.129. The maximum absolute atomic E-state index is 7.01. The first-order valence-electron chi connectivity index (χ1n) is 15.3. The van der Waals surface area contributed by atoms with Crippen LogP contribution in [0.4, 0.5) is 0 Å². The summed E-state index contributed by atoms with van der Waals surface area (Å²) in [6.07, 6.45) is 20.8. The van der Waals surface area contributed by atoms with Gasteiger partial charge in [-0.05, 0) is 73.6 Å². The van der Waals surface area contributed by atoms with Gasteiger partial charge in [-0.25, -0.2) is 0 Å². The summed E-state index contributed by atoms with van der Waals surface area (Å²) >= 11 is 0. The average molecular weight is 503 g/mol. The van der Waals surface area contributed by atoms with Crippen LogP contribution in [0.2, 0.25) is 0 Å². The molecule has 204 valence electrons.